The summed E-state index contributed by atoms with van der Waals surface area (Å²) in [5, 5.41) is 0. The van der Waals surface area contributed by atoms with Crippen LogP contribution in [-0.2, 0) is 0 Å². The van der Waals surface area contributed by atoms with Gasteiger partial charge in [-0.1, -0.05) is 52.7 Å². The standard InChI is InChI=1S/C22H44N/c1-9-13-15-17-21(5,6)23(19-11-3,20-12-4)22(7,8)18-16-14-10-2/h11-12H,3-4,9-10,13-20H2,1-2,5-8H3/q+1. The van der Waals surface area contributed by atoms with Crippen LogP contribution in [0.4, 0.5) is 0 Å². The van der Waals surface area contributed by atoms with Crippen LogP contribution in [0.25, 0.3) is 0 Å². The van der Waals surface area contributed by atoms with Gasteiger partial charge in [0, 0.05) is 12.8 Å². The van der Waals surface area contributed by atoms with E-state index in [4.69, 9.17) is 0 Å². The molecule has 0 rings (SSSR count). The molecule has 0 aliphatic rings. The second-order valence-corrected chi connectivity index (χ2v) is 8.45. The maximum Gasteiger partial charge on any atom is 0.0981 e. The molecule has 1 nitrogen and oxygen atoms in total. The first-order valence-corrected chi connectivity index (χ1v) is 9.83. The molecule has 23 heavy (non-hydrogen) atoms. The molecule has 0 saturated heterocycles. The molecule has 0 unspecified atom stereocenters. The maximum absolute atomic E-state index is 4.10. The molecule has 0 aromatic carbocycles. The molecule has 0 spiro atoms. The van der Waals surface area contributed by atoms with E-state index in [-0.39, 0.29) is 11.1 Å². The van der Waals surface area contributed by atoms with Crippen molar-refractivity contribution in [3.63, 3.8) is 0 Å². The molecule has 0 aliphatic heterocycles. The molecule has 0 atom stereocenters. The van der Waals surface area contributed by atoms with Crippen molar-refractivity contribution in [3.8, 4) is 0 Å². The van der Waals surface area contributed by atoms with Gasteiger partial charge in [0.25, 0.3) is 0 Å². The summed E-state index contributed by atoms with van der Waals surface area (Å²) in [4.78, 5) is 0. The van der Waals surface area contributed by atoms with Crippen LogP contribution in [0.2, 0.25) is 0 Å². The minimum Gasteiger partial charge on any atom is -0.308 e. The van der Waals surface area contributed by atoms with Crippen molar-refractivity contribution in [2.45, 2.75) is 104 Å². The summed E-state index contributed by atoms with van der Waals surface area (Å²) in [5.74, 6) is 0. The third-order valence-corrected chi connectivity index (χ3v) is 5.98. The molecule has 0 fully saturated rings. The Balaban J connectivity index is 5.57. The molecule has 0 N–H and O–H groups in total. The predicted molar refractivity (Wildman–Crippen MR) is 107 cm³/mol. The Hall–Kier alpha value is -0.560. The zero-order chi connectivity index (χ0) is 18.0. The van der Waals surface area contributed by atoms with Gasteiger partial charge in [0.05, 0.1) is 24.2 Å². The van der Waals surface area contributed by atoms with Gasteiger partial charge in [0.2, 0.25) is 0 Å². The Morgan fingerprint density at radius 2 is 1.04 bits per heavy atom. The third kappa shape index (κ3) is 5.78. The molecule has 1 heteroatoms. The van der Waals surface area contributed by atoms with E-state index in [0.717, 1.165) is 17.6 Å². The normalized spacial score (nSPS) is 13.1. The molecule has 0 aliphatic carbocycles. The maximum atomic E-state index is 4.10. The van der Waals surface area contributed by atoms with E-state index in [1.54, 1.807) is 0 Å². The lowest BCUT2D eigenvalue weighted by molar-refractivity contribution is -1.01. The topological polar surface area (TPSA) is 0 Å². The summed E-state index contributed by atoms with van der Waals surface area (Å²) in [5.41, 5.74) is 0.487. The van der Waals surface area contributed by atoms with E-state index in [2.05, 4.69) is 66.9 Å². The summed E-state index contributed by atoms with van der Waals surface area (Å²) < 4.78 is 1.08. The van der Waals surface area contributed by atoms with Crippen molar-refractivity contribution in [1.82, 2.24) is 0 Å². The molecule has 0 radical (unpaired) electrons. The van der Waals surface area contributed by atoms with Gasteiger partial charge in [0.15, 0.2) is 0 Å². The zero-order valence-electron chi connectivity index (χ0n) is 17.1. The number of hydrogen-bond acceptors (Lipinski definition) is 0. The highest BCUT2D eigenvalue weighted by Crippen LogP contribution is 2.41. The van der Waals surface area contributed by atoms with Crippen molar-refractivity contribution in [2.24, 2.45) is 0 Å². The molecule has 0 aromatic rings. The Kier molecular flexibility index (Phi) is 10.1. The van der Waals surface area contributed by atoms with E-state index in [0.29, 0.717) is 0 Å². The van der Waals surface area contributed by atoms with Crippen molar-refractivity contribution in [3.05, 3.63) is 25.3 Å². The highest BCUT2D eigenvalue weighted by molar-refractivity contribution is 4.87. The van der Waals surface area contributed by atoms with E-state index in [1.807, 2.05) is 0 Å². The molecule has 0 heterocycles. The summed E-state index contributed by atoms with van der Waals surface area (Å²) in [7, 11) is 0. The Labute approximate surface area is 147 Å². The average Bonchev–Trinajstić information content (AvgIpc) is 2.46. The van der Waals surface area contributed by atoms with Gasteiger partial charge >= 0.3 is 0 Å². The summed E-state index contributed by atoms with van der Waals surface area (Å²) in [6.07, 6.45) is 14.7. The number of quaternary nitrogens is 1. The van der Waals surface area contributed by atoms with Crippen LogP contribution >= 0.6 is 0 Å². The Morgan fingerprint density at radius 1 is 0.696 bits per heavy atom. The Morgan fingerprint density at radius 3 is 1.30 bits per heavy atom. The van der Waals surface area contributed by atoms with Crippen molar-refractivity contribution >= 4 is 0 Å². The number of hydrogen-bond donors (Lipinski definition) is 0. The summed E-state index contributed by atoms with van der Waals surface area (Å²) in [6, 6.07) is 0. The second-order valence-electron chi connectivity index (χ2n) is 8.45. The highest BCUT2D eigenvalue weighted by atomic mass is 15.4. The molecular formula is C22H44N+. The fourth-order valence-electron chi connectivity index (χ4n) is 4.37. The van der Waals surface area contributed by atoms with E-state index >= 15 is 0 Å². The number of unbranched alkanes of at least 4 members (excludes halogenated alkanes) is 4. The molecule has 0 bridgehead atoms. The van der Waals surface area contributed by atoms with Crippen LogP contribution < -0.4 is 0 Å². The van der Waals surface area contributed by atoms with Crippen molar-refractivity contribution in [1.29, 1.82) is 0 Å². The Bertz CT molecular complexity index is 304. The van der Waals surface area contributed by atoms with E-state index in [1.165, 1.54) is 51.4 Å². The monoisotopic (exact) mass is 322 g/mol. The second kappa shape index (κ2) is 10.3. The van der Waals surface area contributed by atoms with E-state index in [9.17, 15) is 0 Å². The molecule has 0 saturated carbocycles. The van der Waals surface area contributed by atoms with E-state index < -0.39 is 0 Å². The smallest absolute Gasteiger partial charge is 0.0981 e. The van der Waals surface area contributed by atoms with Gasteiger partial charge in [-0.3, -0.25) is 0 Å². The summed E-state index contributed by atoms with van der Waals surface area (Å²) >= 11 is 0. The fraction of sp³-hybridized carbons (Fsp3) is 0.818. The average molecular weight is 323 g/mol. The first-order valence-electron chi connectivity index (χ1n) is 9.83. The largest absolute Gasteiger partial charge is 0.308 e. The SMILES string of the molecule is C=CC[N+](CC=C)(C(C)(C)CCCCC)C(C)(C)CCCCC. The first kappa shape index (κ1) is 22.4. The van der Waals surface area contributed by atoms with Gasteiger partial charge in [-0.25, -0.2) is 0 Å². The zero-order valence-corrected chi connectivity index (χ0v) is 17.1. The van der Waals surface area contributed by atoms with Crippen LogP contribution in [-0.4, -0.2) is 28.7 Å². The number of rotatable bonds is 14. The van der Waals surface area contributed by atoms with Crippen LogP contribution in [0.5, 0.6) is 0 Å². The van der Waals surface area contributed by atoms with Crippen molar-refractivity contribution in [2.75, 3.05) is 13.1 Å². The minimum absolute atomic E-state index is 0.243. The lowest BCUT2D eigenvalue weighted by Gasteiger charge is -2.59. The molecule has 136 valence electrons. The van der Waals surface area contributed by atoms with Crippen LogP contribution in [0, 0.1) is 0 Å². The van der Waals surface area contributed by atoms with Crippen LogP contribution in [0.1, 0.15) is 92.9 Å². The molecular weight excluding hydrogens is 278 g/mol. The highest BCUT2D eigenvalue weighted by Gasteiger charge is 2.51. The van der Waals surface area contributed by atoms with Gasteiger partial charge < -0.3 is 4.48 Å². The van der Waals surface area contributed by atoms with Crippen LogP contribution in [0.3, 0.4) is 0 Å². The lowest BCUT2D eigenvalue weighted by Crippen LogP contribution is -2.71. The quantitative estimate of drug-likeness (QED) is 0.185. The van der Waals surface area contributed by atoms with Gasteiger partial charge in [0.1, 0.15) is 0 Å². The molecule has 0 amide bonds. The first-order chi connectivity index (χ1) is 10.7. The predicted octanol–water partition coefficient (Wildman–Crippen LogP) is 6.89. The summed E-state index contributed by atoms with van der Waals surface area (Å²) in [6.45, 7) is 24.7. The minimum atomic E-state index is 0.243. The van der Waals surface area contributed by atoms with Crippen LogP contribution in [0.15, 0.2) is 25.3 Å². The van der Waals surface area contributed by atoms with Gasteiger partial charge in [-0.2, -0.15) is 0 Å². The van der Waals surface area contributed by atoms with Gasteiger partial charge in [-0.05, 0) is 52.7 Å². The molecule has 0 aromatic heterocycles. The number of nitrogens with zero attached hydrogens (tertiary/aromatic N) is 1. The third-order valence-electron chi connectivity index (χ3n) is 5.98. The van der Waals surface area contributed by atoms with Crippen molar-refractivity contribution < 1.29 is 4.48 Å². The lowest BCUT2D eigenvalue weighted by atomic mass is 9.81. The van der Waals surface area contributed by atoms with Gasteiger partial charge in [-0.15, -0.1) is 0 Å². The fourth-order valence-corrected chi connectivity index (χ4v) is 4.37.